The number of aliphatic hydroxyl groups excluding tert-OH is 1. The van der Waals surface area contributed by atoms with Crippen molar-refractivity contribution in [2.24, 2.45) is 0 Å². The minimum atomic E-state index is -4.14. The van der Waals surface area contributed by atoms with Crippen molar-refractivity contribution in [3.05, 3.63) is 338 Å². The van der Waals surface area contributed by atoms with E-state index in [1.165, 1.54) is 67.8 Å². The van der Waals surface area contributed by atoms with Gasteiger partial charge in [-0.2, -0.15) is 8.42 Å². The molecule has 0 heterocycles. The molecule has 14 N–H and O–H groups in total. The highest BCUT2D eigenvalue weighted by Crippen LogP contribution is 2.34. The summed E-state index contributed by atoms with van der Waals surface area (Å²) in [6.45, 7) is 4.23. The van der Waals surface area contributed by atoms with E-state index in [4.69, 9.17) is 44.1 Å². The molecule has 98 heavy (non-hydrogen) atoms. The number of aliphatic hydroxyl groups is 1. The molecule has 0 amide bonds. The number of hydrogen-bond donors (Lipinski definition) is 8. The van der Waals surface area contributed by atoms with E-state index in [2.05, 4.69) is 141 Å². The molecule has 14 heteroatoms. The van der Waals surface area contributed by atoms with Gasteiger partial charge in [-0.25, -0.2) is 8.42 Å². The van der Waals surface area contributed by atoms with E-state index in [0.29, 0.717) is 16.3 Å². The molecule has 14 rings (SSSR count). The molecule has 492 valence electrons. The molecule has 0 aliphatic rings. The van der Waals surface area contributed by atoms with Gasteiger partial charge in [0.15, 0.2) is 9.84 Å². The Labute approximate surface area is 574 Å². The predicted octanol–water partition coefficient (Wildman–Crippen LogP) is 18.7. The summed E-state index contributed by atoms with van der Waals surface area (Å²) in [6.07, 6.45) is 1.19. The maximum atomic E-state index is 11.3. The average molecular weight is 1330 g/mol. The summed E-state index contributed by atoms with van der Waals surface area (Å²) in [5.41, 5.74) is 55.9. The van der Waals surface area contributed by atoms with Gasteiger partial charge >= 0.3 is 0 Å². The molecule has 14 aromatic carbocycles. The molecular formula is C84H78N6O6S2. The number of nitrogens with two attached hydrogens (primary N) is 6. The number of benzene rings is 14. The normalized spacial score (nSPS) is 10.7. The third kappa shape index (κ3) is 19.0. The molecule has 0 saturated heterocycles. The summed E-state index contributed by atoms with van der Waals surface area (Å²) in [5, 5.41) is 14.0. The lowest BCUT2D eigenvalue weighted by molar-refractivity contribution is 0.282. The number of rotatable bonds is 9. The number of fused-ring (bicyclic) bond motifs is 2. The standard InChI is InChI=1S/2C16H13N.C14H15N.C13H13NO2S.C13H13NO.C12H11NO3S/c17-16-11-4-3-9-15(16)14-10-5-7-12-6-1-2-8-13(12)14;17-16-8-4-3-7-15(16)14-10-9-12-5-1-2-6-13(12)11-14;1-10-4-3-5-12(8-10)13-9-11(2)6-7-14(13)15;1-17(15,16)11-8-6-10(7-9-11)12-4-2-3-5-13(12)14;14-13-7-2-1-6-12(13)11-5-3-4-10(8-11)9-15;13-12-4-2-1-3-11(12)9-5-7-10(8-6-9)17(14,15)16/h2*1-11H,17H2;3-9H,15H2,1-2H3;2-9H,14H2,1H3;1-8,15H,9,14H2;1-8H,13H2,(H,14,15,16). The summed E-state index contributed by atoms with van der Waals surface area (Å²) in [7, 11) is -7.29. The van der Waals surface area contributed by atoms with Crippen molar-refractivity contribution in [2.75, 3.05) is 40.7 Å². The van der Waals surface area contributed by atoms with Gasteiger partial charge in [0, 0.05) is 73.8 Å². The van der Waals surface area contributed by atoms with Crippen LogP contribution in [0.1, 0.15) is 16.7 Å². The van der Waals surface area contributed by atoms with Crippen LogP contribution in [-0.4, -0.2) is 32.8 Å². The van der Waals surface area contributed by atoms with Crippen LogP contribution in [0, 0.1) is 13.8 Å². The van der Waals surface area contributed by atoms with Crippen molar-refractivity contribution in [1.82, 2.24) is 0 Å². The van der Waals surface area contributed by atoms with E-state index >= 15 is 0 Å². The molecular weight excluding hydrogens is 1250 g/mol. The van der Waals surface area contributed by atoms with E-state index in [9.17, 15) is 16.8 Å². The molecule has 0 spiro atoms. The Morgan fingerprint density at radius 2 is 0.653 bits per heavy atom. The van der Waals surface area contributed by atoms with Crippen LogP contribution in [0.2, 0.25) is 0 Å². The van der Waals surface area contributed by atoms with E-state index in [0.717, 1.165) is 78.4 Å². The average Bonchev–Trinajstić information content (AvgIpc) is 0.801. The zero-order chi connectivity index (χ0) is 69.8. The molecule has 0 radical (unpaired) electrons. The van der Waals surface area contributed by atoms with Gasteiger partial charge in [0.1, 0.15) is 0 Å². The van der Waals surface area contributed by atoms with Crippen LogP contribution in [0.4, 0.5) is 34.1 Å². The summed E-state index contributed by atoms with van der Waals surface area (Å²) < 4.78 is 53.3. The van der Waals surface area contributed by atoms with Crippen molar-refractivity contribution in [2.45, 2.75) is 30.2 Å². The molecule has 0 bridgehead atoms. The molecule has 0 atom stereocenters. The first kappa shape index (κ1) is 70.5. The van der Waals surface area contributed by atoms with Crippen LogP contribution in [0.25, 0.3) is 88.3 Å². The lowest BCUT2D eigenvalue weighted by Gasteiger charge is -2.09. The first-order valence-electron chi connectivity index (χ1n) is 31.4. The molecule has 0 aromatic heterocycles. The van der Waals surface area contributed by atoms with Crippen LogP contribution < -0.4 is 34.4 Å². The van der Waals surface area contributed by atoms with Gasteiger partial charge < -0.3 is 39.5 Å². The quantitative estimate of drug-likeness (QED) is 0.0495. The number of sulfone groups is 1. The Morgan fingerprint density at radius 1 is 0.286 bits per heavy atom. The summed E-state index contributed by atoms with van der Waals surface area (Å²) in [6, 6.07) is 103. The summed E-state index contributed by atoms with van der Waals surface area (Å²) in [4.78, 5) is 0.187. The zero-order valence-corrected chi connectivity index (χ0v) is 56.2. The molecule has 0 aliphatic carbocycles. The van der Waals surface area contributed by atoms with E-state index in [1.54, 1.807) is 42.5 Å². The predicted molar refractivity (Wildman–Crippen MR) is 411 cm³/mol. The van der Waals surface area contributed by atoms with Gasteiger partial charge in [0.05, 0.1) is 16.4 Å². The SMILES string of the molecule is CS(=O)(=O)c1ccc(-c2ccccc2N)cc1.Cc1cccc(-c2cc(C)ccc2N)c1.Nc1ccccc1-c1ccc(S(=O)(=O)O)cc1.Nc1ccccc1-c1ccc2ccccc2c1.Nc1ccccc1-c1cccc(CO)c1.Nc1ccccc1-c1cccc2ccccc12. The summed E-state index contributed by atoms with van der Waals surface area (Å²) in [5.74, 6) is 0. The van der Waals surface area contributed by atoms with Gasteiger partial charge in [0.25, 0.3) is 10.1 Å². The fraction of sp³-hybridized carbons (Fsp3) is 0.0476. The maximum Gasteiger partial charge on any atom is 0.294 e. The lowest BCUT2D eigenvalue weighted by Crippen LogP contribution is -1.97. The highest BCUT2D eigenvalue weighted by molar-refractivity contribution is 7.90. The smallest absolute Gasteiger partial charge is 0.294 e. The second-order valence-corrected chi connectivity index (χ2v) is 26.6. The second-order valence-electron chi connectivity index (χ2n) is 23.1. The highest BCUT2D eigenvalue weighted by Gasteiger charge is 2.12. The minimum absolute atomic E-state index is 0.0561. The number of aryl methyl sites for hydroxylation is 2. The maximum absolute atomic E-state index is 11.3. The topological polar surface area (TPSA) is 265 Å². The van der Waals surface area contributed by atoms with Crippen molar-refractivity contribution in [1.29, 1.82) is 0 Å². The number of nitrogen functional groups attached to an aromatic ring is 6. The third-order valence-electron chi connectivity index (χ3n) is 16.0. The highest BCUT2D eigenvalue weighted by atomic mass is 32.2. The van der Waals surface area contributed by atoms with E-state index in [-0.39, 0.29) is 11.5 Å². The van der Waals surface area contributed by atoms with Gasteiger partial charge in [-0.05, 0) is 153 Å². The fourth-order valence-corrected chi connectivity index (χ4v) is 12.0. The minimum Gasteiger partial charge on any atom is -0.398 e. The molecule has 12 nitrogen and oxygen atoms in total. The number of anilines is 6. The Bertz CT molecular complexity index is 5130. The first-order chi connectivity index (χ1) is 47.1. The lowest BCUT2D eigenvalue weighted by atomic mass is 9.97. The van der Waals surface area contributed by atoms with Gasteiger partial charge in [-0.1, -0.05) is 254 Å². The second kappa shape index (κ2) is 33.1. The van der Waals surface area contributed by atoms with Crippen molar-refractivity contribution in [3.8, 4) is 66.8 Å². The largest absolute Gasteiger partial charge is 0.398 e. The molecule has 0 unspecified atom stereocenters. The van der Waals surface area contributed by atoms with Crippen LogP contribution in [0.5, 0.6) is 0 Å². The van der Waals surface area contributed by atoms with Crippen LogP contribution in [-0.2, 0) is 26.6 Å². The molecule has 0 fully saturated rings. The van der Waals surface area contributed by atoms with Gasteiger partial charge in [-0.3, -0.25) is 4.55 Å². The Morgan fingerprint density at radius 3 is 1.14 bits per heavy atom. The fourth-order valence-electron chi connectivity index (χ4n) is 10.9. The van der Waals surface area contributed by atoms with Gasteiger partial charge in [-0.15, -0.1) is 0 Å². The van der Waals surface area contributed by atoms with Crippen LogP contribution >= 0.6 is 0 Å². The molecule has 0 aliphatic heterocycles. The Balaban J connectivity index is 0.000000138. The van der Waals surface area contributed by atoms with Gasteiger partial charge in [0.2, 0.25) is 0 Å². The number of hydrogen-bond acceptors (Lipinski definition) is 11. The summed E-state index contributed by atoms with van der Waals surface area (Å²) >= 11 is 0. The van der Waals surface area contributed by atoms with Crippen molar-refractivity contribution >= 4 is 75.6 Å². The van der Waals surface area contributed by atoms with Crippen LogP contribution in [0.3, 0.4) is 0 Å². The van der Waals surface area contributed by atoms with Crippen molar-refractivity contribution < 1.29 is 26.5 Å². The number of para-hydroxylation sites is 5. The Kier molecular flexibility index (Phi) is 23.8. The first-order valence-corrected chi connectivity index (χ1v) is 34.7. The van der Waals surface area contributed by atoms with Crippen molar-refractivity contribution in [3.63, 3.8) is 0 Å². The molecule has 14 aromatic rings. The van der Waals surface area contributed by atoms with E-state index < -0.39 is 20.0 Å². The monoisotopic (exact) mass is 1330 g/mol. The third-order valence-corrected chi connectivity index (χ3v) is 18.0. The zero-order valence-electron chi connectivity index (χ0n) is 54.6. The van der Waals surface area contributed by atoms with Crippen LogP contribution in [0.15, 0.2) is 331 Å². The van der Waals surface area contributed by atoms with E-state index in [1.807, 2.05) is 140 Å². The molecule has 0 saturated carbocycles. The Hall–Kier alpha value is -11.8.